The Kier molecular flexibility index (Phi) is 2.63. The van der Waals surface area contributed by atoms with Gasteiger partial charge < -0.3 is 14.9 Å². The lowest BCUT2D eigenvalue weighted by Gasteiger charge is -2.00. The second kappa shape index (κ2) is 3.99. The lowest BCUT2D eigenvalue weighted by Crippen LogP contribution is -2.12. The summed E-state index contributed by atoms with van der Waals surface area (Å²) in [6, 6.07) is 3.63. The van der Waals surface area contributed by atoms with Crippen molar-refractivity contribution in [1.29, 1.82) is 0 Å². The zero-order valence-electron chi connectivity index (χ0n) is 9.26. The summed E-state index contributed by atoms with van der Waals surface area (Å²) in [6.45, 7) is 0. The van der Waals surface area contributed by atoms with E-state index in [0.29, 0.717) is 0 Å². The molecule has 1 aromatic carbocycles. The van der Waals surface area contributed by atoms with E-state index < -0.39 is 29.1 Å². The van der Waals surface area contributed by atoms with E-state index in [-0.39, 0.29) is 16.7 Å². The number of aromatic carboxylic acids is 1. The summed E-state index contributed by atoms with van der Waals surface area (Å²) in [7, 11) is 1.08. The Labute approximate surface area is 101 Å². The van der Waals surface area contributed by atoms with Crippen LogP contribution in [0.2, 0.25) is 0 Å². The second-order valence-corrected chi connectivity index (χ2v) is 3.61. The first-order chi connectivity index (χ1) is 8.47. The maximum Gasteiger partial charge on any atom is 0.345 e. The lowest BCUT2D eigenvalue weighted by atomic mass is 10.0. The van der Waals surface area contributed by atoms with Gasteiger partial charge in [-0.3, -0.25) is 4.79 Å². The van der Waals surface area contributed by atoms with Gasteiger partial charge in [-0.25, -0.2) is 9.59 Å². The number of ether oxygens (including phenoxy) is 1. The second-order valence-electron chi connectivity index (χ2n) is 3.61. The molecule has 1 aliphatic carbocycles. The van der Waals surface area contributed by atoms with Crippen LogP contribution in [0.1, 0.15) is 26.3 Å². The van der Waals surface area contributed by atoms with Crippen LogP contribution in [-0.4, -0.2) is 35.0 Å². The van der Waals surface area contributed by atoms with Gasteiger partial charge in [0.1, 0.15) is 11.3 Å². The number of benzene rings is 1. The Morgan fingerprint density at radius 1 is 1.22 bits per heavy atom. The van der Waals surface area contributed by atoms with Crippen LogP contribution in [-0.2, 0) is 9.53 Å². The molecule has 0 spiro atoms. The third-order valence-corrected chi connectivity index (χ3v) is 2.62. The van der Waals surface area contributed by atoms with Crippen LogP contribution in [0.3, 0.4) is 0 Å². The molecule has 0 aromatic heterocycles. The number of aliphatic hydroxyl groups is 1. The molecule has 6 heteroatoms. The molecule has 92 valence electrons. The number of hydrogen-bond donors (Lipinski definition) is 2. The molecule has 0 saturated heterocycles. The van der Waals surface area contributed by atoms with E-state index in [0.717, 1.165) is 13.2 Å². The minimum absolute atomic E-state index is 0.0281. The van der Waals surface area contributed by atoms with Crippen LogP contribution in [0.15, 0.2) is 23.8 Å². The quantitative estimate of drug-likeness (QED) is 0.598. The highest BCUT2D eigenvalue weighted by atomic mass is 16.5. The van der Waals surface area contributed by atoms with Crippen molar-refractivity contribution >= 4 is 23.5 Å². The highest BCUT2D eigenvalue weighted by molar-refractivity contribution is 6.32. The van der Waals surface area contributed by atoms with Gasteiger partial charge in [0.2, 0.25) is 5.78 Å². The number of methoxy groups -OCH3 is 1. The maximum absolute atomic E-state index is 11.8. The fraction of sp³-hybridized carbons (Fsp3) is 0.0833. The third kappa shape index (κ3) is 1.55. The van der Waals surface area contributed by atoms with Crippen LogP contribution >= 0.6 is 0 Å². The van der Waals surface area contributed by atoms with Crippen molar-refractivity contribution in [3.8, 4) is 0 Å². The van der Waals surface area contributed by atoms with Crippen molar-refractivity contribution in [3.63, 3.8) is 0 Å². The molecule has 6 nitrogen and oxygen atoms in total. The number of esters is 1. The number of fused-ring (bicyclic) bond motifs is 1. The molecule has 0 heterocycles. The van der Waals surface area contributed by atoms with Gasteiger partial charge in [-0.2, -0.15) is 0 Å². The van der Waals surface area contributed by atoms with Crippen molar-refractivity contribution in [2.24, 2.45) is 0 Å². The van der Waals surface area contributed by atoms with Crippen LogP contribution in [0, 0.1) is 0 Å². The van der Waals surface area contributed by atoms with Gasteiger partial charge in [0.25, 0.3) is 0 Å². The third-order valence-electron chi connectivity index (χ3n) is 2.62. The number of hydrogen-bond acceptors (Lipinski definition) is 5. The first-order valence-electron chi connectivity index (χ1n) is 4.91. The highest BCUT2D eigenvalue weighted by Gasteiger charge is 2.35. The standard InChI is InChI=1S/C12H8O6/c1-18-12(17)8-9(13)6-3-2-5(11(15)16)4-7(6)10(8)14/h2-4,14H,1H3,(H,15,16). The Morgan fingerprint density at radius 3 is 2.44 bits per heavy atom. The number of Topliss-reactive ketones (excluding diaryl/α,β-unsaturated/α-hetero) is 1. The fourth-order valence-electron chi connectivity index (χ4n) is 1.74. The van der Waals surface area contributed by atoms with Crippen LogP contribution < -0.4 is 0 Å². The van der Waals surface area contributed by atoms with E-state index >= 15 is 0 Å². The molecular weight excluding hydrogens is 240 g/mol. The van der Waals surface area contributed by atoms with Gasteiger partial charge in [0.05, 0.1) is 12.7 Å². The Morgan fingerprint density at radius 2 is 1.89 bits per heavy atom. The van der Waals surface area contributed by atoms with E-state index in [1.807, 2.05) is 0 Å². The average Bonchev–Trinajstić information content (AvgIpc) is 2.61. The summed E-state index contributed by atoms with van der Waals surface area (Å²) in [5.41, 5.74) is -0.451. The molecule has 0 aliphatic heterocycles. The summed E-state index contributed by atoms with van der Waals surface area (Å²) in [5, 5.41) is 18.6. The molecule has 0 atom stereocenters. The smallest absolute Gasteiger partial charge is 0.345 e. The molecule has 18 heavy (non-hydrogen) atoms. The van der Waals surface area contributed by atoms with Gasteiger partial charge in [0.15, 0.2) is 0 Å². The topological polar surface area (TPSA) is 101 Å². The Bertz CT molecular complexity index is 611. The molecule has 1 aliphatic rings. The zero-order chi connectivity index (χ0) is 13.4. The predicted molar refractivity (Wildman–Crippen MR) is 59.3 cm³/mol. The van der Waals surface area contributed by atoms with Crippen molar-refractivity contribution in [2.45, 2.75) is 0 Å². The van der Waals surface area contributed by atoms with E-state index in [9.17, 15) is 19.5 Å². The SMILES string of the molecule is COC(=O)C1=C(O)c2cc(C(=O)O)ccc2C1=O. The molecule has 0 unspecified atom stereocenters. The summed E-state index contributed by atoms with van der Waals surface area (Å²) in [5.74, 6) is -3.37. The van der Waals surface area contributed by atoms with E-state index in [1.165, 1.54) is 12.1 Å². The predicted octanol–water partition coefficient (Wildman–Crippen LogP) is 1.02. The number of ketones is 1. The minimum Gasteiger partial charge on any atom is -0.506 e. The normalized spacial score (nSPS) is 13.5. The van der Waals surface area contributed by atoms with E-state index in [4.69, 9.17) is 5.11 Å². The number of aliphatic hydroxyl groups excluding tert-OH is 1. The fourth-order valence-corrected chi connectivity index (χ4v) is 1.74. The number of rotatable bonds is 2. The van der Waals surface area contributed by atoms with Gasteiger partial charge >= 0.3 is 11.9 Å². The highest BCUT2D eigenvalue weighted by Crippen LogP contribution is 2.32. The molecule has 1 aromatic rings. The molecule has 2 rings (SSSR count). The first kappa shape index (κ1) is 11.8. The van der Waals surface area contributed by atoms with Crippen molar-refractivity contribution in [3.05, 3.63) is 40.5 Å². The molecular formula is C12H8O6. The molecule has 0 radical (unpaired) electrons. The van der Waals surface area contributed by atoms with Crippen LogP contribution in [0.4, 0.5) is 0 Å². The number of carbonyl (C=O) groups is 3. The summed E-state index contributed by atoms with van der Waals surface area (Å²) in [4.78, 5) is 34.0. The largest absolute Gasteiger partial charge is 0.506 e. The first-order valence-corrected chi connectivity index (χ1v) is 4.91. The lowest BCUT2D eigenvalue weighted by molar-refractivity contribution is -0.135. The maximum atomic E-state index is 11.8. The summed E-state index contributed by atoms with van der Waals surface area (Å²) in [6.07, 6.45) is 0. The van der Waals surface area contributed by atoms with Crippen LogP contribution in [0.5, 0.6) is 0 Å². The number of carboxylic acid groups (broad SMARTS) is 1. The summed E-state index contributed by atoms with van der Waals surface area (Å²) < 4.78 is 4.39. The van der Waals surface area contributed by atoms with Crippen molar-refractivity contribution in [2.75, 3.05) is 7.11 Å². The molecule has 0 saturated carbocycles. The van der Waals surface area contributed by atoms with Crippen LogP contribution in [0.25, 0.3) is 5.76 Å². The van der Waals surface area contributed by atoms with Crippen molar-refractivity contribution < 1.29 is 29.3 Å². The number of carbonyl (C=O) groups excluding carboxylic acids is 2. The zero-order valence-corrected chi connectivity index (χ0v) is 9.26. The number of carboxylic acids is 1. The average molecular weight is 248 g/mol. The monoisotopic (exact) mass is 248 g/mol. The summed E-state index contributed by atoms with van der Waals surface area (Å²) >= 11 is 0. The molecule has 0 fully saturated rings. The van der Waals surface area contributed by atoms with Crippen molar-refractivity contribution in [1.82, 2.24) is 0 Å². The molecule has 0 bridgehead atoms. The van der Waals surface area contributed by atoms with Gasteiger partial charge in [0, 0.05) is 11.1 Å². The Hall–Kier alpha value is -2.63. The Balaban J connectivity index is 2.61. The van der Waals surface area contributed by atoms with E-state index in [1.54, 1.807) is 0 Å². The van der Waals surface area contributed by atoms with E-state index in [2.05, 4.69) is 4.74 Å². The molecule has 0 amide bonds. The van der Waals surface area contributed by atoms with Gasteiger partial charge in [-0.05, 0) is 18.2 Å². The molecule has 2 N–H and O–H groups in total. The van der Waals surface area contributed by atoms with Gasteiger partial charge in [-0.15, -0.1) is 0 Å². The van der Waals surface area contributed by atoms with Gasteiger partial charge in [-0.1, -0.05) is 0 Å². The minimum atomic E-state index is -1.19.